The molecule has 0 aliphatic rings. The Morgan fingerprint density at radius 1 is 1.08 bits per heavy atom. The van der Waals surface area contributed by atoms with Crippen LogP contribution in [0.1, 0.15) is 11.6 Å². The fourth-order valence-corrected chi connectivity index (χ4v) is 2.44. The van der Waals surface area contributed by atoms with Crippen molar-refractivity contribution in [1.82, 2.24) is 5.32 Å². The Morgan fingerprint density at radius 3 is 2.24 bits per heavy atom. The zero-order valence-electron chi connectivity index (χ0n) is 14.7. The summed E-state index contributed by atoms with van der Waals surface area (Å²) in [6.07, 6.45) is 0. The molecule has 0 unspecified atom stereocenters. The lowest BCUT2D eigenvalue weighted by atomic mass is 10.1. The van der Waals surface area contributed by atoms with Crippen LogP contribution >= 0.6 is 0 Å². The number of benzene rings is 2. The maximum Gasteiger partial charge on any atom is 0.258 e. The highest BCUT2D eigenvalue weighted by atomic mass is 19.1. The number of methoxy groups -OCH3 is 1. The van der Waals surface area contributed by atoms with Gasteiger partial charge in [0, 0.05) is 5.56 Å². The minimum absolute atomic E-state index is 0.107. The third kappa shape index (κ3) is 5.76. The SMILES string of the molecule is COc1ccc([C@@H](CNC(=O)COc2ccc(F)cc2)[NH+](C)C)cc1. The summed E-state index contributed by atoms with van der Waals surface area (Å²) in [4.78, 5) is 13.2. The molecule has 1 amide bonds. The normalized spacial score (nSPS) is 11.9. The number of quaternary nitrogens is 1. The summed E-state index contributed by atoms with van der Waals surface area (Å²) >= 11 is 0. The summed E-state index contributed by atoms with van der Waals surface area (Å²) in [6, 6.07) is 13.5. The summed E-state index contributed by atoms with van der Waals surface area (Å²) in [5.41, 5.74) is 1.11. The number of hydrogen-bond donors (Lipinski definition) is 2. The van der Waals surface area contributed by atoms with Crippen molar-refractivity contribution in [3.8, 4) is 11.5 Å². The fraction of sp³-hybridized carbons (Fsp3) is 0.316. The van der Waals surface area contributed by atoms with Crippen LogP contribution in [-0.4, -0.2) is 40.3 Å². The van der Waals surface area contributed by atoms with Gasteiger partial charge in [-0.2, -0.15) is 0 Å². The van der Waals surface area contributed by atoms with Crippen LogP contribution in [-0.2, 0) is 4.79 Å². The number of likely N-dealkylation sites (N-methyl/N-ethyl adjacent to an activating group) is 1. The second-order valence-corrected chi connectivity index (χ2v) is 5.95. The van der Waals surface area contributed by atoms with E-state index in [4.69, 9.17) is 9.47 Å². The van der Waals surface area contributed by atoms with E-state index in [1.807, 2.05) is 38.4 Å². The zero-order valence-corrected chi connectivity index (χ0v) is 14.7. The monoisotopic (exact) mass is 347 g/mol. The summed E-state index contributed by atoms with van der Waals surface area (Å²) < 4.78 is 23.4. The number of halogens is 1. The van der Waals surface area contributed by atoms with E-state index in [1.165, 1.54) is 29.2 Å². The number of rotatable bonds is 8. The molecule has 0 aliphatic carbocycles. The Kier molecular flexibility index (Phi) is 6.77. The van der Waals surface area contributed by atoms with E-state index in [0.717, 1.165) is 11.3 Å². The van der Waals surface area contributed by atoms with E-state index >= 15 is 0 Å². The van der Waals surface area contributed by atoms with Crippen molar-refractivity contribution in [1.29, 1.82) is 0 Å². The van der Waals surface area contributed by atoms with Crippen LogP contribution in [0.4, 0.5) is 4.39 Å². The van der Waals surface area contributed by atoms with E-state index in [0.29, 0.717) is 12.3 Å². The summed E-state index contributed by atoms with van der Waals surface area (Å²) in [7, 11) is 5.71. The smallest absolute Gasteiger partial charge is 0.258 e. The molecular formula is C19H24FN2O3+. The van der Waals surface area contributed by atoms with Gasteiger partial charge in [0.1, 0.15) is 23.4 Å². The van der Waals surface area contributed by atoms with Crippen LogP contribution in [0, 0.1) is 5.82 Å². The zero-order chi connectivity index (χ0) is 18.2. The third-order valence-electron chi connectivity index (χ3n) is 3.90. The Balaban J connectivity index is 1.87. The topological polar surface area (TPSA) is 52.0 Å². The number of carbonyl (C=O) groups is 1. The summed E-state index contributed by atoms with van der Waals surface area (Å²) in [5.74, 6) is 0.701. The molecule has 2 aromatic carbocycles. The second kappa shape index (κ2) is 9.03. The first-order valence-corrected chi connectivity index (χ1v) is 8.08. The van der Waals surface area contributed by atoms with Gasteiger partial charge in [0.2, 0.25) is 0 Å². The molecule has 134 valence electrons. The lowest BCUT2D eigenvalue weighted by molar-refractivity contribution is -0.890. The molecule has 0 aromatic heterocycles. The molecule has 0 aliphatic heterocycles. The van der Waals surface area contributed by atoms with Gasteiger partial charge in [0.25, 0.3) is 5.91 Å². The number of amides is 1. The first-order valence-electron chi connectivity index (χ1n) is 8.08. The lowest BCUT2D eigenvalue weighted by Crippen LogP contribution is -3.07. The molecule has 6 heteroatoms. The van der Waals surface area contributed by atoms with Gasteiger partial charge in [-0.05, 0) is 48.5 Å². The molecule has 5 nitrogen and oxygen atoms in total. The molecule has 1 atom stereocenters. The Morgan fingerprint density at radius 2 is 1.68 bits per heavy atom. The van der Waals surface area contributed by atoms with Gasteiger partial charge in [0.05, 0.1) is 27.7 Å². The fourth-order valence-electron chi connectivity index (χ4n) is 2.44. The standard InChI is InChI=1S/C19H23FN2O3/c1-22(2)18(14-4-8-16(24-3)9-5-14)12-21-19(23)13-25-17-10-6-15(20)7-11-17/h4-11,18H,12-13H2,1-3H3,(H,21,23)/p+1/t18-/m1/s1. The van der Waals surface area contributed by atoms with Gasteiger partial charge in [-0.3, -0.25) is 4.79 Å². The highest BCUT2D eigenvalue weighted by Crippen LogP contribution is 2.15. The van der Waals surface area contributed by atoms with Crippen molar-refractivity contribution in [2.75, 3.05) is 34.4 Å². The minimum Gasteiger partial charge on any atom is -0.497 e. The molecule has 2 N–H and O–H groups in total. The van der Waals surface area contributed by atoms with Crippen molar-refractivity contribution in [2.45, 2.75) is 6.04 Å². The maximum atomic E-state index is 12.8. The minimum atomic E-state index is -0.340. The first-order chi connectivity index (χ1) is 12.0. The van der Waals surface area contributed by atoms with Gasteiger partial charge in [-0.15, -0.1) is 0 Å². The van der Waals surface area contributed by atoms with E-state index in [1.54, 1.807) is 7.11 Å². The highest BCUT2D eigenvalue weighted by Gasteiger charge is 2.19. The Bertz CT molecular complexity index is 672. The quantitative estimate of drug-likeness (QED) is 0.755. The molecule has 0 fully saturated rings. The summed E-state index contributed by atoms with van der Waals surface area (Å²) in [5, 5.41) is 2.88. The number of nitrogens with one attached hydrogen (secondary N) is 2. The van der Waals surface area contributed by atoms with Crippen LogP contribution < -0.4 is 19.7 Å². The number of carbonyl (C=O) groups excluding carboxylic acids is 1. The van der Waals surface area contributed by atoms with Crippen molar-refractivity contribution in [2.24, 2.45) is 0 Å². The van der Waals surface area contributed by atoms with Crippen molar-refractivity contribution in [3.63, 3.8) is 0 Å². The van der Waals surface area contributed by atoms with Crippen LogP contribution in [0.25, 0.3) is 0 Å². The molecule has 0 saturated carbocycles. The molecule has 0 spiro atoms. The lowest BCUT2D eigenvalue weighted by Gasteiger charge is -2.22. The molecule has 2 aromatic rings. The van der Waals surface area contributed by atoms with Gasteiger partial charge in [-0.1, -0.05) is 0 Å². The predicted molar refractivity (Wildman–Crippen MR) is 93.5 cm³/mol. The maximum absolute atomic E-state index is 12.8. The molecular weight excluding hydrogens is 323 g/mol. The molecule has 0 bridgehead atoms. The van der Waals surface area contributed by atoms with Crippen molar-refractivity contribution < 1.29 is 23.6 Å². The molecule has 2 rings (SSSR count). The molecule has 0 radical (unpaired) electrons. The van der Waals surface area contributed by atoms with Gasteiger partial charge < -0.3 is 19.7 Å². The van der Waals surface area contributed by atoms with Gasteiger partial charge in [-0.25, -0.2) is 4.39 Å². The van der Waals surface area contributed by atoms with E-state index < -0.39 is 0 Å². The van der Waals surface area contributed by atoms with E-state index in [9.17, 15) is 9.18 Å². The average Bonchev–Trinajstić information content (AvgIpc) is 2.61. The average molecular weight is 347 g/mol. The van der Waals surface area contributed by atoms with Crippen LogP contribution in [0.3, 0.4) is 0 Å². The number of ether oxygens (including phenoxy) is 2. The van der Waals surface area contributed by atoms with Crippen LogP contribution in [0.15, 0.2) is 48.5 Å². The summed E-state index contributed by atoms with van der Waals surface area (Å²) in [6.45, 7) is 0.379. The number of hydrogen-bond acceptors (Lipinski definition) is 3. The highest BCUT2D eigenvalue weighted by molar-refractivity contribution is 5.77. The van der Waals surface area contributed by atoms with Gasteiger partial charge in [0.15, 0.2) is 6.61 Å². The molecule has 0 heterocycles. The van der Waals surface area contributed by atoms with Crippen molar-refractivity contribution >= 4 is 5.91 Å². The predicted octanol–water partition coefficient (Wildman–Crippen LogP) is 1.22. The molecule has 25 heavy (non-hydrogen) atoms. The van der Waals surface area contributed by atoms with Gasteiger partial charge >= 0.3 is 0 Å². The largest absolute Gasteiger partial charge is 0.497 e. The van der Waals surface area contributed by atoms with Crippen LogP contribution in [0.2, 0.25) is 0 Å². The Hall–Kier alpha value is -2.60. The third-order valence-corrected chi connectivity index (χ3v) is 3.90. The van der Waals surface area contributed by atoms with E-state index in [-0.39, 0.29) is 24.4 Å². The van der Waals surface area contributed by atoms with Crippen LogP contribution in [0.5, 0.6) is 11.5 Å². The Labute approximate surface area is 147 Å². The van der Waals surface area contributed by atoms with Crippen molar-refractivity contribution in [3.05, 3.63) is 59.9 Å². The first kappa shape index (κ1) is 18.7. The second-order valence-electron chi connectivity index (χ2n) is 5.95. The van der Waals surface area contributed by atoms with E-state index in [2.05, 4.69) is 5.32 Å². The molecule has 0 saturated heterocycles.